The molecule has 0 bridgehead atoms. The number of amidine groups is 1. The summed E-state index contributed by atoms with van der Waals surface area (Å²) in [5, 5.41) is 8.58. The first kappa shape index (κ1) is 5.47. The van der Waals surface area contributed by atoms with E-state index in [9.17, 15) is 0 Å². The zero-order chi connectivity index (χ0) is 6.28. The highest BCUT2D eigenvalue weighted by atomic mass is 14.8. The van der Waals surface area contributed by atoms with Crippen molar-refractivity contribution in [1.82, 2.24) is 5.32 Å². The van der Waals surface area contributed by atoms with Crippen molar-refractivity contribution in [1.29, 1.82) is 5.41 Å². The highest BCUT2D eigenvalue weighted by molar-refractivity contribution is 5.48. The van der Waals surface area contributed by atoms with E-state index in [0.29, 0.717) is 0 Å². The highest BCUT2D eigenvalue weighted by Gasteiger charge is 1.37. The molecule has 0 fully saturated rings. The van der Waals surface area contributed by atoms with Crippen molar-refractivity contribution >= 4 is 6.31 Å². The summed E-state index contributed by atoms with van der Waals surface area (Å²) < 4.78 is 6.30. The molecule has 0 unspecified atom stereocenters. The van der Waals surface area contributed by atoms with E-state index in [1.165, 1.54) is 7.05 Å². The molecule has 0 heterocycles. The normalized spacial score (nSPS) is 6.83. The van der Waals surface area contributed by atoms with Crippen LogP contribution < -0.4 is 5.32 Å². The average molecular weight is 90.2 g/mol. The van der Waals surface area contributed by atoms with Gasteiger partial charge in [0.1, 0.15) is 1.37 Å². The lowest BCUT2D eigenvalue weighted by Crippen LogP contribution is -1.97. The van der Waals surface area contributed by atoms with Gasteiger partial charge in [-0.05, 0) is 0 Å². The van der Waals surface area contributed by atoms with Gasteiger partial charge in [-0.2, -0.15) is 0 Å². The van der Waals surface area contributed by atoms with Crippen molar-refractivity contribution in [3.05, 3.63) is 0 Å². The summed E-state index contributed by atoms with van der Waals surface area (Å²) in [4.78, 5) is 0. The van der Waals surface area contributed by atoms with Gasteiger partial charge in [-0.15, -0.1) is 0 Å². The average Bonchev–Trinajstić information content (AvgIpc) is 1.73. The topological polar surface area (TPSA) is 35.9 Å². The lowest BCUT2D eigenvalue weighted by atomic mass is 11.0. The van der Waals surface area contributed by atoms with E-state index < -0.39 is 0 Å². The molecule has 0 aromatic carbocycles. The summed E-state index contributed by atoms with van der Waals surface area (Å²) in [5.41, 5.74) is 0. The monoisotopic (exact) mass is 90.1 g/mol. The largest absolute Gasteiger partial charge is 0.380 e. The zero-order valence-corrected chi connectivity index (χ0v) is 4.50. The Morgan fingerprint density at radius 1 is 1.83 bits per heavy atom. The lowest BCUT2D eigenvalue weighted by molar-refractivity contribution is 1.19. The standard InChI is InChI=1S/C2H6N2.C2H6/c1-4-2-3;1-2/h2H,1H3,(H2,3,4);1-2H3/i2T;. The molecule has 38 valence electrons. The van der Waals surface area contributed by atoms with Crippen molar-refractivity contribution in [2.24, 2.45) is 0 Å². The predicted molar refractivity (Wildman–Crippen MR) is 29.2 cm³/mol. The fourth-order valence-corrected chi connectivity index (χ4v) is 0. The van der Waals surface area contributed by atoms with Crippen LogP contribution in [0.1, 0.15) is 15.2 Å². The van der Waals surface area contributed by atoms with E-state index in [1.54, 1.807) is 0 Å². The first-order valence-electron chi connectivity index (χ1n) is 2.50. The number of hydrogen-bond acceptors (Lipinski definition) is 1. The van der Waals surface area contributed by atoms with Gasteiger partial charge < -0.3 is 5.32 Å². The molecule has 0 radical (unpaired) electrons. The van der Waals surface area contributed by atoms with E-state index >= 15 is 0 Å². The van der Waals surface area contributed by atoms with Gasteiger partial charge in [0.25, 0.3) is 0 Å². The Balaban J connectivity index is 0. The summed E-state index contributed by atoms with van der Waals surface area (Å²) in [6.45, 7) is 4.00. The van der Waals surface area contributed by atoms with E-state index in [-0.39, 0.29) is 6.31 Å². The second-order valence-corrected chi connectivity index (χ2v) is 0.375. The van der Waals surface area contributed by atoms with Crippen LogP contribution in [0.25, 0.3) is 0 Å². The van der Waals surface area contributed by atoms with E-state index in [2.05, 4.69) is 5.32 Å². The SMILES string of the molecule is CC.[3H]C(=N)NC. The third kappa shape index (κ3) is 95.8. The predicted octanol–water partition coefficient (Wildman–Crippen LogP) is 0.839. The third-order valence-corrected chi connectivity index (χ3v) is 0.125. The molecule has 6 heavy (non-hydrogen) atoms. The maximum absolute atomic E-state index is 6.30. The lowest BCUT2D eigenvalue weighted by Gasteiger charge is -1.68. The summed E-state index contributed by atoms with van der Waals surface area (Å²) in [6.07, 6.45) is -0.245. The molecular formula is C4H12N2. The van der Waals surface area contributed by atoms with E-state index in [0.717, 1.165) is 0 Å². The minimum absolute atomic E-state index is 0.245. The summed E-state index contributed by atoms with van der Waals surface area (Å²) in [7, 11) is 1.54. The van der Waals surface area contributed by atoms with Crippen molar-refractivity contribution in [2.75, 3.05) is 7.05 Å². The van der Waals surface area contributed by atoms with Crippen LogP contribution in [0.15, 0.2) is 0 Å². The van der Waals surface area contributed by atoms with Gasteiger partial charge in [0.05, 0.1) is 6.31 Å². The van der Waals surface area contributed by atoms with Crippen LogP contribution in [0.5, 0.6) is 0 Å². The van der Waals surface area contributed by atoms with Gasteiger partial charge in [-0.3, -0.25) is 5.41 Å². The molecule has 0 aliphatic rings. The fraction of sp³-hybridized carbons (Fsp3) is 0.750. The molecule has 2 heteroatoms. The Morgan fingerprint density at radius 2 is 2.00 bits per heavy atom. The fourth-order valence-electron chi connectivity index (χ4n) is 0. The van der Waals surface area contributed by atoms with Gasteiger partial charge in [0, 0.05) is 7.05 Å². The molecule has 0 aliphatic heterocycles. The number of hydrogen-bond donors (Lipinski definition) is 2. The smallest absolute Gasteiger partial charge is 0.103 e. The summed E-state index contributed by atoms with van der Waals surface area (Å²) in [5.74, 6) is 0. The molecule has 2 nitrogen and oxygen atoms in total. The van der Waals surface area contributed by atoms with Gasteiger partial charge in [0.2, 0.25) is 0 Å². The van der Waals surface area contributed by atoms with Crippen LogP contribution in [-0.2, 0) is 0 Å². The second-order valence-electron chi connectivity index (χ2n) is 0.375. The molecule has 0 aromatic rings. The molecule has 0 aliphatic carbocycles. The van der Waals surface area contributed by atoms with Crippen LogP contribution >= 0.6 is 0 Å². The quantitative estimate of drug-likeness (QED) is 0.335. The maximum atomic E-state index is 6.30. The Morgan fingerprint density at radius 3 is 2.00 bits per heavy atom. The first-order chi connectivity index (χ1) is 3.27. The molecule has 2 N–H and O–H groups in total. The van der Waals surface area contributed by atoms with Crippen LogP contribution in [0.2, 0.25) is 0 Å². The molecule has 0 atom stereocenters. The maximum Gasteiger partial charge on any atom is 0.103 e. The first-order valence-corrected chi connectivity index (χ1v) is 2.00. The zero-order valence-electron chi connectivity index (χ0n) is 5.50. The Kier molecular flexibility index (Phi) is 22.7. The molecular weight excluding hydrogens is 76.1 g/mol. The molecule has 0 saturated heterocycles. The molecule has 0 aromatic heterocycles. The number of nitrogens with one attached hydrogen (secondary N) is 2. The van der Waals surface area contributed by atoms with Gasteiger partial charge in [-0.1, -0.05) is 13.8 Å². The van der Waals surface area contributed by atoms with Crippen LogP contribution in [0.4, 0.5) is 0 Å². The van der Waals surface area contributed by atoms with Gasteiger partial charge in [-0.25, -0.2) is 0 Å². The third-order valence-electron chi connectivity index (χ3n) is 0.125. The van der Waals surface area contributed by atoms with E-state index in [4.69, 9.17) is 6.78 Å². The Labute approximate surface area is 40.5 Å². The molecule has 0 amide bonds. The van der Waals surface area contributed by atoms with Crippen molar-refractivity contribution in [3.8, 4) is 0 Å². The minimum Gasteiger partial charge on any atom is -0.380 e. The minimum atomic E-state index is -0.245. The highest BCUT2D eigenvalue weighted by Crippen LogP contribution is 1.14. The Bertz CT molecular complexity index is 45.0. The Hall–Kier alpha value is -0.530. The van der Waals surface area contributed by atoms with Crippen LogP contribution in [-0.4, -0.2) is 13.4 Å². The molecule has 0 spiro atoms. The van der Waals surface area contributed by atoms with Crippen molar-refractivity contribution in [2.45, 2.75) is 13.8 Å². The second kappa shape index (κ2) is 24.9. The molecule has 0 saturated carbocycles. The van der Waals surface area contributed by atoms with Crippen LogP contribution in [0, 0.1) is 5.41 Å². The van der Waals surface area contributed by atoms with Gasteiger partial charge >= 0.3 is 0 Å². The van der Waals surface area contributed by atoms with Gasteiger partial charge in [0.15, 0.2) is 0 Å². The summed E-state index contributed by atoms with van der Waals surface area (Å²) >= 11 is 0. The van der Waals surface area contributed by atoms with Crippen LogP contribution in [0.3, 0.4) is 0 Å². The molecule has 0 rings (SSSR count). The van der Waals surface area contributed by atoms with Crippen molar-refractivity contribution < 1.29 is 1.37 Å². The van der Waals surface area contributed by atoms with E-state index in [1.807, 2.05) is 13.8 Å². The summed E-state index contributed by atoms with van der Waals surface area (Å²) in [6, 6.07) is 0. The number of rotatable bonds is 0. The van der Waals surface area contributed by atoms with Crippen molar-refractivity contribution in [3.63, 3.8) is 0 Å².